The molecule has 2 atom stereocenters. The lowest BCUT2D eigenvalue weighted by Gasteiger charge is -2.34. The number of hydrogen-bond acceptors (Lipinski definition) is 5. The Labute approximate surface area is 182 Å². The molecular formula is C21H25ClN2O5S. The van der Waals surface area contributed by atoms with Crippen LogP contribution in [0.2, 0.25) is 5.02 Å². The number of nitrogens with one attached hydrogen (secondary N) is 1. The van der Waals surface area contributed by atoms with Crippen molar-refractivity contribution < 1.29 is 22.7 Å². The molecule has 0 unspecified atom stereocenters. The predicted molar refractivity (Wildman–Crippen MR) is 116 cm³/mol. The van der Waals surface area contributed by atoms with Crippen molar-refractivity contribution in [1.29, 1.82) is 0 Å². The standard InChI is InChI=1S/C21H25ClN2O5S/c1-4-28-19-8-6-5-7-18(19)23-21(25)16-9-10-17(22)20(11-16)30(26,27)24-12-14(2)29-15(3)13-24/h5-11,14-15H,4,12-13H2,1-3H3,(H,23,25)/t14-,15+. The van der Waals surface area contributed by atoms with Gasteiger partial charge in [-0.3, -0.25) is 4.79 Å². The number of ether oxygens (including phenoxy) is 2. The van der Waals surface area contributed by atoms with Gasteiger partial charge in [-0.25, -0.2) is 8.42 Å². The maximum atomic E-state index is 13.2. The van der Waals surface area contributed by atoms with Crippen LogP contribution in [0.4, 0.5) is 5.69 Å². The molecule has 0 spiro atoms. The first-order valence-corrected chi connectivity index (χ1v) is 11.5. The number of rotatable bonds is 6. The van der Waals surface area contributed by atoms with Gasteiger partial charge < -0.3 is 14.8 Å². The molecule has 0 aromatic heterocycles. The van der Waals surface area contributed by atoms with E-state index in [-0.39, 0.29) is 40.8 Å². The lowest BCUT2D eigenvalue weighted by Crippen LogP contribution is -2.48. The van der Waals surface area contributed by atoms with E-state index in [1.54, 1.807) is 24.3 Å². The van der Waals surface area contributed by atoms with Crippen LogP contribution in [0, 0.1) is 0 Å². The second kappa shape index (κ2) is 9.34. The van der Waals surface area contributed by atoms with E-state index in [9.17, 15) is 13.2 Å². The van der Waals surface area contributed by atoms with Crippen LogP contribution in [-0.2, 0) is 14.8 Å². The van der Waals surface area contributed by atoms with Gasteiger partial charge in [-0.1, -0.05) is 23.7 Å². The first kappa shape index (κ1) is 22.6. The number of carbonyl (C=O) groups excluding carboxylic acids is 1. The van der Waals surface area contributed by atoms with Crippen LogP contribution in [-0.4, -0.2) is 50.5 Å². The molecule has 30 heavy (non-hydrogen) atoms. The molecule has 0 aliphatic carbocycles. The molecule has 1 saturated heterocycles. The molecule has 2 aromatic carbocycles. The second-order valence-corrected chi connectivity index (χ2v) is 9.42. The summed E-state index contributed by atoms with van der Waals surface area (Å²) in [7, 11) is -3.89. The number of nitrogens with zero attached hydrogens (tertiary/aromatic N) is 1. The van der Waals surface area contributed by atoms with E-state index in [0.29, 0.717) is 18.0 Å². The van der Waals surface area contributed by atoms with Crippen LogP contribution in [0.1, 0.15) is 31.1 Å². The summed E-state index contributed by atoms with van der Waals surface area (Å²) in [5.74, 6) is 0.0745. The molecule has 9 heteroatoms. The Bertz CT molecular complexity index is 1020. The summed E-state index contributed by atoms with van der Waals surface area (Å²) in [6.45, 7) is 6.39. The van der Waals surface area contributed by atoms with Crippen LogP contribution in [0.3, 0.4) is 0 Å². The highest BCUT2D eigenvalue weighted by atomic mass is 35.5. The Morgan fingerprint density at radius 1 is 1.20 bits per heavy atom. The second-order valence-electron chi connectivity index (χ2n) is 7.11. The average molecular weight is 453 g/mol. The van der Waals surface area contributed by atoms with E-state index in [1.165, 1.54) is 22.5 Å². The summed E-state index contributed by atoms with van der Waals surface area (Å²) in [6, 6.07) is 11.3. The Morgan fingerprint density at radius 2 is 1.87 bits per heavy atom. The van der Waals surface area contributed by atoms with Crippen LogP contribution in [0.5, 0.6) is 5.75 Å². The van der Waals surface area contributed by atoms with Crippen molar-refractivity contribution in [2.45, 2.75) is 37.9 Å². The van der Waals surface area contributed by atoms with E-state index < -0.39 is 15.9 Å². The van der Waals surface area contributed by atoms with Crippen molar-refractivity contribution in [2.75, 3.05) is 25.0 Å². The minimum absolute atomic E-state index is 0.0630. The third-order valence-electron chi connectivity index (χ3n) is 4.63. The largest absolute Gasteiger partial charge is 0.492 e. The summed E-state index contributed by atoms with van der Waals surface area (Å²) in [6.07, 6.45) is -0.465. The third kappa shape index (κ3) is 4.95. The van der Waals surface area contributed by atoms with Gasteiger partial charge in [0.05, 0.1) is 29.5 Å². The van der Waals surface area contributed by atoms with E-state index in [2.05, 4.69) is 5.32 Å². The van der Waals surface area contributed by atoms with Gasteiger partial charge in [0.25, 0.3) is 5.91 Å². The average Bonchev–Trinajstić information content (AvgIpc) is 2.69. The summed E-state index contributed by atoms with van der Waals surface area (Å²) >= 11 is 6.22. The zero-order valence-corrected chi connectivity index (χ0v) is 18.7. The zero-order valence-electron chi connectivity index (χ0n) is 17.1. The van der Waals surface area contributed by atoms with Crippen LogP contribution in [0.15, 0.2) is 47.4 Å². The van der Waals surface area contributed by atoms with Crippen molar-refractivity contribution >= 4 is 33.2 Å². The molecule has 2 aromatic rings. The van der Waals surface area contributed by atoms with Crippen molar-refractivity contribution in [3.8, 4) is 5.75 Å². The normalized spacial score (nSPS) is 20.0. The number of halogens is 1. The first-order chi connectivity index (χ1) is 14.2. The summed E-state index contributed by atoms with van der Waals surface area (Å²) < 4.78 is 38.9. The quantitative estimate of drug-likeness (QED) is 0.720. The van der Waals surface area contributed by atoms with E-state index in [1.807, 2.05) is 20.8 Å². The lowest BCUT2D eigenvalue weighted by atomic mass is 10.2. The predicted octanol–water partition coefficient (Wildman–Crippen LogP) is 3.79. The van der Waals surface area contributed by atoms with Gasteiger partial charge in [0, 0.05) is 18.7 Å². The number of carbonyl (C=O) groups is 1. The number of sulfonamides is 1. The fourth-order valence-corrected chi connectivity index (χ4v) is 5.45. The molecular weight excluding hydrogens is 428 g/mol. The zero-order chi connectivity index (χ0) is 21.9. The molecule has 0 bridgehead atoms. The number of para-hydroxylation sites is 2. The van der Waals surface area contributed by atoms with Gasteiger partial charge in [0.2, 0.25) is 10.0 Å². The van der Waals surface area contributed by atoms with Gasteiger partial charge in [0.15, 0.2) is 0 Å². The minimum Gasteiger partial charge on any atom is -0.492 e. The van der Waals surface area contributed by atoms with Gasteiger partial charge >= 0.3 is 0 Å². The highest BCUT2D eigenvalue weighted by Gasteiger charge is 2.33. The molecule has 0 radical (unpaired) electrons. The summed E-state index contributed by atoms with van der Waals surface area (Å²) in [5, 5.41) is 2.83. The summed E-state index contributed by atoms with van der Waals surface area (Å²) in [4.78, 5) is 12.7. The Balaban J connectivity index is 1.89. The molecule has 7 nitrogen and oxygen atoms in total. The topological polar surface area (TPSA) is 84.9 Å². The molecule has 1 N–H and O–H groups in total. The number of benzene rings is 2. The maximum Gasteiger partial charge on any atom is 0.255 e. The fourth-order valence-electron chi connectivity index (χ4n) is 3.35. The van der Waals surface area contributed by atoms with Crippen molar-refractivity contribution in [3.05, 3.63) is 53.1 Å². The smallest absolute Gasteiger partial charge is 0.255 e. The van der Waals surface area contributed by atoms with Crippen molar-refractivity contribution in [2.24, 2.45) is 0 Å². The van der Waals surface area contributed by atoms with Crippen molar-refractivity contribution in [3.63, 3.8) is 0 Å². The van der Waals surface area contributed by atoms with Gasteiger partial charge in [0.1, 0.15) is 10.6 Å². The Hall–Kier alpha value is -2.13. The van der Waals surface area contributed by atoms with E-state index in [0.717, 1.165) is 0 Å². The highest BCUT2D eigenvalue weighted by Crippen LogP contribution is 2.29. The Morgan fingerprint density at radius 3 is 2.53 bits per heavy atom. The maximum absolute atomic E-state index is 13.2. The lowest BCUT2D eigenvalue weighted by molar-refractivity contribution is -0.0440. The number of morpholine rings is 1. The van der Waals surface area contributed by atoms with Crippen LogP contribution < -0.4 is 10.1 Å². The van der Waals surface area contributed by atoms with Gasteiger partial charge in [-0.15, -0.1) is 0 Å². The minimum atomic E-state index is -3.89. The number of hydrogen-bond donors (Lipinski definition) is 1. The van der Waals surface area contributed by atoms with Gasteiger partial charge in [-0.2, -0.15) is 4.31 Å². The van der Waals surface area contributed by atoms with Crippen LogP contribution >= 0.6 is 11.6 Å². The van der Waals surface area contributed by atoms with E-state index in [4.69, 9.17) is 21.1 Å². The molecule has 162 valence electrons. The highest BCUT2D eigenvalue weighted by molar-refractivity contribution is 7.89. The van der Waals surface area contributed by atoms with E-state index >= 15 is 0 Å². The number of amides is 1. The number of anilines is 1. The molecule has 1 aliphatic heterocycles. The molecule has 1 amide bonds. The monoisotopic (exact) mass is 452 g/mol. The third-order valence-corrected chi connectivity index (χ3v) is 6.95. The first-order valence-electron chi connectivity index (χ1n) is 9.70. The van der Waals surface area contributed by atoms with Gasteiger partial charge in [-0.05, 0) is 51.1 Å². The molecule has 1 fully saturated rings. The fraction of sp³-hybridized carbons (Fsp3) is 0.381. The summed E-state index contributed by atoms with van der Waals surface area (Å²) in [5.41, 5.74) is 0.679. The SMILES string of the molecule is CCOc1ccccc1NC(=O)c1ccc(Cl)c(S(=O)(=O)N2C[C@@H](C)O[C@@H](C)C2)c1. The van der Waals surface area contributed by atoms with Crippen molar-refractivity contribution in [1.82, 2.24) is 4.31 Å². The molecule has 3 rings (SSSR count). The molecule has 1 heterocycles. The molecule has 0 saturated carbocycles. The Kier molecular flexibility index (Phi) is 7.02. The van der Waals surface area contributed by atoms with Crippen LogP contribution in [0.25, 0.3) is 0 Å². The molecule has 1 aliphatic rings.